The van der Waals surface area contributed by atoms with Crippen LogP contribution in [0.15, 0.2) is 35.3 Å². The summed E-state index contributed by atoms with van der Waals surface area (Å²) in [7, 11) is 0. The van der Waals surface area contributed by atoms with Crippen LogP contribution in [0, 0.1) is 11.8 Å². The molecule has 0 bridgehead atoms. The van der Waals surface area contributed by atoms with E-state index in [0.29, 0.717) is 30.7 Å². The molecule has 0 heterocycles. The molecule has 85 heavy (non-hydrogen) atoms. The van der Waals surface area contributed by atoms with Gasteiger partial charge in [-0.3, -0.25) is 57.7 Å². The van der Waals surface area contributed by atoms with E-state index >= 15 is 0 Å². The lowest BCUT2D eigenvalue weighted by molar-refractivity contribution is -0.142. The molecule has 0 fully saturated rings. The molecule has 0 saturated heterocycles. The first-order valence-corrected chi connectivity index (χ1v) is 30.5. The lowest BCUT2D eigenvalue weighted by Gasteiger charge is -2.28. The summed E-state index contributed by atoms with van der Waals surface area (Å²) in [6, 6.07) is -2.38. The van der Waals surface area contributed by atoms with Crippen LogP contribution in [0.1, 0.15) is 91.5 Å². The number of aliphatic imine (C=N–C) groups is 1. The van der Waals surface area contributed by atoms with Gasteiger partial charge in [0.25, 0.3) is 0 Å². The smallest absolute Gasteiger partial charge is 0.326 e. The molecule has 0 saturated carbocycles. The second-order valence-electron chi connectivity index (χ2n) is 20.8. The van der Waals surface area contributed by atoms with Gasteiger partial charge in [-0.05, 0) is 94.2 Å². The maximum Gasteiger partial charge on any atom is 0.326 e. The number of aliphatic carboxylic acids is 1. The van der Waals surface area contributed by atoms with Gasteiger partial charge in [-0.2, -0.15) is 37.0 Å². The lowest BCUT2D eigenvalue weighted by atomic mass is 10.0. The van der Waals surface area contributed by atoms with Gasteiger partial charge in [-0.1, -0.05) is 58.0 Å². The van der Waals surface area contributed by atoms with Crippen LogP contribution in [0.2, 0.25) is 0 Å². The third-order valence-corrected chi connectivity index (χ3v) is 13.7. The summed E-state index contributed by atoms with van der Waals surface area (Å²) < 4.78 is 0. The summed E-state index contributed by atoms with van der Waals surface area (Å²) in [5.41, 5.74) is 22.7. The standard InChI is InChI=1S/C53H90N16O13S3/c1-29(2)21-36(49(78)67-38(23-32-13-8-7-9-14-32)45(74)60-24-41(70)59-25-42(71)63-35(52(81)82)15-10-11-18-54)66-51(80)40(28-84)69-50(79)37(22-30(3)4)65-47(76)33(16-12-19-58-53(56)57)62-43(72)26-61-46(75)39(27-83)68-48(77)34(17-20-85-6)64-44(73)31(5)55/h7-9,13-14,29-31,33-40,83-84H,10-12,15-28,54-55H2,1-6H3,(H,59,70)(H,60,74)(H,61,75)(H,62,72)(H,63,71)(H,64,73)(H,65,76)(H,66,80)(H,67,78)(H,68,77)(H,69,79)(H,81,82)(H4,56,57,58)/t31-,33-,34-,35-,36-,37-,38-,39-,40-/m0/s1. The summed E-state index contributed by atoms with van der Waals surface area (Å²) in [5, 5.41) is 37.2. The van der Waals surface area contributed by atoms with Crippen LogP contribution in [0.3, 0.4) is 0 Å². The zero-order chi connectivity index (χ0) is 64.2. The fraction of sp³-hybridized carbons (Fsp3) is 0.642. The van der Waals surface area contributed by atoms with E-state index in [1.165, 1.54) is 18.7 Å². The monoisotopic (exact) mass is 1250 g/mol. The SMILES string of the molecule is CSCC[C@H](NC(=O)[C@H](C)N)C(=O)N[C@@H](CS)C(=O)NCC(=O)N[C@@H](CCCN=C(N)N)C(=O)N[C@@H](CC(C)C)C(=O)N[C@@H](CS)C(=O)N[C@@H](CC(C)C)C(=O)N[C@@H](Cc1ccccc1)C(=O)NCC(=O)NCC(=O)N[C@@H](CCCCN)C(=O)O. The van der Waals surface area contributed by atoms with Crippen molar-refractivity contribution < 1.29 is 62.6 Å². The number of thioether (sulfide) groups is 1. The zero-order valence-electron chi connectivity index (χ0n) is 49.2. The highest BCUT2D eigenvalue weighted by Gasteiger charge is 2.34. The van der Waals surface area contributed by atoms with Crippen molar-refractivity contribution in [1.82, 2.24) is 58.5 Å². The Morgan fingerprint density at radius 1 is 0.518 bits per heavy atom. The van der Waals surface area contributed by atoms with Gasteiger partial charge in [0.05, 0.1) is 25.7 Å². The molecule has 0 unspecified atom stereocenters. The van der Waals surface area contributed by atoms with Crippen molar-refractivity contribution in [2.45, 2.75) is 147 Å². The predicted molar refractivity (Wildman–Crippen MR) is 328 cm³/mol. The van der Waals surface area contributed by atoms with E-state index < -0.39 is 145 Å². The van der Waals surface area contributed by atoms with E-state index in [0.717, 1.165) is 0 Å². The average molecular weight is 1260 g/mol. The fourth-order valence-electron chi connectivity index (χ4n) is 7.86. The normalized spacial score (nSPS) is 14.2. The first kappa shape index (κ1) is 76.1. The Bertz CT molecular complexity index is 2390. The summed E-state index contributed by atoms with van der Waals surface area (Å²) in [6.45, 7) is 7.08. The van der Waals surface area contributed by atoms with Crippen LogP contribution in [0.5, 0.6) is 0 Å². The minimum Gasteiger partial charge on any atom is -0.480 e. The van der Waals surface area contributed by atoms with Crippen molar-refractivity contribution in [3.8, 4) is 0 Å². The van der Waals surface area contributed by atoms with Crippen LogP contribution in [0.25, 0.3) is 0 Å². The Morgan fingerprint density at radius 3 is 1.42 bits per heavy atom. The van der Waals surface area contributed by atoms with Crippen molar-refractivity contribution in [2.75, 3.05) is 56.2 Å². The Kier molecular flexibility index (Phi) is 37.6. The van der Waals surface area contributed by atoms with Crippen molar-refractivity contribution in [3.05, 3.63) is 35.9 Å². The topological polar surface area (TPSA) is 474 Å². The third-order valence-electron chi connectivity index (χ3n) is 12.4. The van der Waals surface area contributed by atoms with Crippen LogP contribution < -0.4 is 81.4 Å². The lowest BCUT2D eigenvalue weighted by Crippen LogP contribution is -2.60. The number of nitrogens with two attached hydrogens (primary N) is 4. The number of benzene rings is 1. The number of carboxylic acids is 1. The molecule has 0 aromatic heterocycles. The molecule has 0 spiro atoms. The Balaban J connectivity index is 3.26. The molecule has 32 heteroatoms. The van der Waals surface area contributed by atoms with E-state index in [4.69, 9.17) is 22.9 Å². The van der Waals surface area contributed by atoms with Crippen molar-refractivity contribution in [3.63, 3.8) is 0 Å². The number of nitrogens with zero attached hydrogens (tertiary/aromatic N) is 1. The first-order valence-electron chi connectivity index (χ1n) is 27.9. The molecule has 0 aliphatic carbocycles. The maximum absolute atomic E-state index is 14.1. The summed E-state index contributed by atoms with van der Waals surface area (Å²) >= 11 is 9.93. The van der Waals surface area contributed by atoms with Crippen LogP contribution in [0.4, 0.5) is 0 Å². The number of carbonyl (C=O) groups excluding carboxylic acids is 11. The number of thiol groups is 2. The summed E-state index contributed by atoms with van der Waals surface area (Å²) in [4.78, 5) is 163. The molecule has 1 aromatic carbocycles. The molecular formula is C53H90N16O13S3. The number of hydrogen-bond donors (Lipinski definition) is 18. The van der Waals surface area contributed by atoms with Crippen LogP contribution in [-0.2, 0) is 64.0 Å². The second-order valence-corrected chi connectivity index (χ2v) is 22.5. The van der Waals surface area contributed by atoms with E-state index in [9.17, 15) is 62.6 Å². The number of amides is 11. The summed E-state index contributed by atoms with van der Waals surface area (Å²) in [5.74, 6) is -10.4. The van der Waals surface area contributed by atoms with E-state index in [-0.39, 0.29) is 80.8 Å². The number of carbonyl (C=O) groups is 12. The maximum atomic E-state index is 14.1. The Hall–Kier alpha value is -6.90. The highest BCUT2D eigenvalue weighted by atomic mass is 32.2. The van der Waals surface area contributed by atoms with Crippen molar-refractivity contribution in [2.24, 2.45) is 39.8 Å². The minimum absolute atomic E-state index is 0.0382. The van der Waals surface area contributed by atoms with Gasteiger partial charge in [0.1, 0.15) is 48.3 Å². The van der Waals surface area contributed by atoms with E-state index in [2.05, 4.69) is 88.7 Å². The first-order chi connectivity index (χ1) is 40.1. The number of hydrogen-bond acceptors (Lipinski definition) is 18. The number of nitrogens with one attached hydrogen (secondary N) is 11. The molecule has 0 aliphatic heterocycles. The minimum atomic E-state index is -1.39. The average Bonchev–Trinajstić information content (AvgIpc) is 3.66. The molecule has 478 valence electrons. The van der Waals surface area contributed by atoms with Gasteiger partial charge in [-0.25, -0.2) is 4.79 Å². The fourth-order valence-corrected chi connectivity index (χ4v) is 8.84. The highest BCUT2D eigenvalue weighted by Crippen LogP contribution is 2.12. The molecule has 11 amide bonds. The van der Waals surface area contributed by atoms with Gasteiger partial charge in [0.2, 0.25) is 65.0 Å². The van der Waals surface area contributed by atoms with Crippen molar-refractivity contribution >= 4 is 114 Å². The van der Waals surface area contributed by atoms with E-state index in [1.807, 2.05) is 6.26 Å². The van der Waals surface area contributed by atoms with Gasteiger partial charge >= 0.3 is 5.97 Å². The zero-order valence-corrected chi connectivity index (χ0v) is 51.8. The molecule has 9 atom stereocenters. The quantitative estimate of drug-likeness (QED) is 0.0128. The summed E-state index contributed by atoms with van der Waals surface area (Å²) in [6.07, 6.45) is 3.31. The van der Waals surface area contributed by atoms with Gasteiger partial charge in [0.15, 0.2) is 5.96 Å². The molecule has 29 nitrogen and oxygen atoms in total. The molecule has 0 radical (unpaired) electrons. The van der Waals surface area contributed by atoms with Crippen LogP contribution >= 0.6 is 37.0 Å². The van der Waals surface area contributed by atoms with E-state index in [1.54, 1.807) is 58.0 Å². The number of rotatable bonds is 42. The molecule has 20 N–H and O–H groups in total. The number of unbranched alkanes of at least 4 members (excludes halogenated alkanes) is 1. The molecular weight excluding hydrogens is 1160 g/mol. The van der Waals surface area contributed by atoms with Gasteiger partial charge in [-0.15, -0.1) is 0 Å². The van der Waals surface area contributed by atoms with Crippen molar-refractivity contribution in [1.29, 1.82) is 0 Å². The Morgan fingerprint density at radius 2 is 0.941 bits per heavy atom. The van der Waals surface area contributed by atoms with Gasteiger partial charge in [0, 0.05) is 24.5 Å². The second kappa shape index (κ2) is 42.0. The largest absolute Gasteiger partial charge is 0.480 e. The molecule has 0 aliphatic rings. The number of carboxylic acid groups (broad SMARTS) is 1. The predicted octanol–water partition coefficient (Wildman–Crippen LogP) is -4.22. The molecule has 1 aromatic rings. The van der Waals surface area contributed by atoms with Gasteiger partial charge < -0.3 is 86.5 Å². The Labute approximate surface area is 511 Å². The third kappa shape index (κ3) is 32.3. The van der Waals surface area contributed by atoms with Crippen LogP contribution in [-0.4, -0.2) is 193 Å². The molecule has 1 rings (SSSR count). The highest BCUT2D eigenvalue weighted by molar-refractivity contribution is 7.98. The number of guanidine groups is 1.